The molecule has 1 aliphatic rings. The van der Waals surface area contributed by atoms with Gasteiger partial charge in [-0.25, -0.2) is 4.98 Å². The van der Waals surface area contributed by atoms with Gasteiger partial charge in [0.05, 0.1) is 0 Å². The van der Waals surface area contributed by atoms with E-state index < -0.39 is 0 Å². The summed E-state index contributed by atoms with van der Waals surface area (Å²) in [4.78, 5) is 8.69. The monoisotopic (exact) mass is 300 g/mol. The Bertz CT molecular complexity index is 646. The largest absolute Gasteiger partial charge is 0.454 e. The fourth-order valence-corrected chi connectivity index (χ4v) is 2.11. The molecule has 2 heterocycles. The first-order valence-corrected chi connectivity index (χ1v) is 7.44. The smallest absolute Gasteiger partial charge is 0.231 e. The van der Waals surface area contributed by atoms with Crippen LogP contribution in [-0.4, -0.2) is 23.3 Å². The molecule has 2 N–H and O–H groups in total. The third-order valence-corrected chi connectivity index (χ3v) is 3.31. The maximum Gasteiger partial charge on any atom is 0.231 e. The van der Waals surface area contributed by atoms with Gasteiger partial charge in [0.1, 0.15) is 5.82 Å². The molecule has 22 heavy (non-hydrogen) atoms. The van der Waals surface area contributed by atoms with Gasteiger partial charge in [-0.05, 0) is 30.5 Å². The van der Waals surface area contributed by atoms with Gasteiger partial charge in [0, 0.05) is 24.5 Å². The van der Waals surface area contributed by atoms with Gasteiger partial charge in [-0.2, -0.15) is 4.98 Å². The third-order valence-electron chi connectivity index (χ3n) is 3.31. The van der Waals surface area contributed by atoms with E-state index in [4.69, 9.17) is 9.47 Å². The summed E-state index contributed by atoms with van der Waals surface area (Å²) in [7, 11) is 0. The lowest BCUT2D eigenvalue weighted by molar-refractivity contribution is 0.174. The molecule has 1 aromatic carbocycles. The Balaban J connectivity index is 1.65. The third kappa shape index (κ3) is 3.58. The molecular formula is C16H20N4O2. The molecule has 0 radical (unpaired) electrons. The number of fused-ring (bicyclic) bond motifs is 1. The van der Waals surface area contributed by atoms with Crippen LogP contribution in [-0.2, 0) is 0 Å². The predicted octanol–water partition coefficient (Wildman–Crippen LogP) is 3.41. The lowest BCUT2D eigenvalue weighted by atomic mass is 10.1. The first-order valence-electron chi connectivity index (χ1n) is 7.44. The van der Waals surface area contributed by atoms with E-state index in [-0.39, 0.29) is 6.79 Å². The van der Waals surface area contributed by atoms with Gasteiger partial charge in [0.25, 0.3) is 0 Å². The van der Waals surface area contributed by atoms with Gasteiger partial charge in [0.15, 0.2) is 11.5 Å². The van der Waals surface area contributed by atoms with Gasteiger partial charge in [-0.15, -0.1) is 0 Å². The molecule has 0 amide bonds. The van der Waals surface area contributed by atoms with E-state index in [0.717, 1.165) is 36.0 Å². The van der Waals surface area contributed by atoms with Crippen LogP contribution in [0.15, 0.2) is 30.5 Å². The molecule has 2 aromatic rings. The van der Waals surface area contributed by atoms with Gasteiger partial charge < -0.3 is 20.1 Å². The summed E-state index contributed by atoms with van der Waals surface area (Å²) in [6, 6.07) is 7.53. The molecule has 0 saturated heterocycles. The second-order valence-corrected chi connectivity index (χ2v) is 5.57. The molecule has 0 spiro atoms. The van der Waals surface area contributed by atoms with E-state index in [2.05, 4.69) is 34.4 Å². The topological polar surface area (TPSA) is 68.3 Å². The highest BCUT2D eigenvalue weighted by Gasteiger charge is 2.13. The summed E-state index contributed by atoms with van der Waals surface area (Å²) >= 11 is 0. The van der Waals surface area contributed by atoms with Crippen LogP contribution in [0.3, 0.4) is 0 Å². The SMILES string of the molecule is CC(C)CCNc1ccnc(Nc2ccc3c(c2)OCO3)n1. The highest BCUT2D eigenvalue weighted by molar-refractivity contribution is 5.60. The van der Waals surface area contributed by atoms with Crippen LogP contribution < -0.4 is 20.1 Å². The molecule has 1 aliphatic heterocycles. The average Bonchev–Trinajstić information content (AvgIpc) is 2.95. The lowest BCUT2D eigenvalue weighted by Gasteiger charge is -2.09. The molecule has 116 valence electrons. The molecule has 0 fully saturated rings. The summed E-state index contributed by atoms with van der Waals surface area (Å²) in [6.07, 6.45) is 2.84. The van der Waals surface area contributed by atoms with Gasteiger partial charge >= 0.3 is 0 Å². The quantitative estimate of drug-likeness (QED) is 0.852. The zero-order valence-corrected chi connectivity index (χ0v) is 12.8. The number of aromatic nitrogens is 2. The normalized spacial score (nSPS) is 12.5. The van der Waals surface area contributed by atoms with E-state index >= 15 is 0 Å². The van der Waals surface area contributed by atoms with Crippen molar-refractivity contribution < 1.29 is 9.47 Å². The lowest BCUT2D eigenvalue weighted by Crippen LogP contribution is -2.07. The molecule has 3 rings (SSSR count). The van der Waals surface area contributed by atoms with E-state index in [1.807, 2.05) is 24.3 Å². The molecule has 0 unspecified atom stereocenters. The molecule has 0 saturated carbocycles. The van der Waals surface area contributed by atoms with Crippen LogP contribution in [0.25, 0.3) is 0 Å². The number of benzene rings is 1. The number of nitrogens with one attached hydrogen (secondary N) is 2. The molecule has 0 atom stereocenters. The Morgan fingerprint density at radius 3 is 2.91 bits per heavy atom. The Morgan fingerprint density at radius 2 is 2.05 bits per heavy atom. The molecule has 6 nitrogen and oxygen atoms in total. The van der Waals surface area contributed by atoms with Crippen molar-refractivity contribution in [2.24, 2.45) is 5.92 Å². The predicted molar refractivity (Wildman–Crippen MR) is 85.8 cm³/mol. The first-order chi connectivity index (χ1) is 10.7. The first kappa shape index (κ1) is 14.4. The van der Waals surface area contributed by atoms with E-state index in [0.29, 0.717) is 11.9 Å². The maximum absolute atomic E-state index is 5.36. The molecule has 6 heteroatoms. The fourth-order valence-electron chi connectivity index (χ4n) is 2.11. The summed E-state index contributed by atoms with van der Waals surface area (Å²) in [5.41, 5.74) is 0.864. The number of hydrogen-bond acceptors (Lipinski definition) is 6. The zero-order chi connectivity index (χ0) is 15.4. The number of hydrogen-bond donors (Lipinski definition) is 2. The van der Waals surface area contributed by atoms with Crippen LogP contribution in [0.2, 0.25) is 0 Å². The summed E-state index contributed by atoms with van der Waals surface area (Å²) in [6.45, 7) is 5.57. The zero-order valence-electron chi connectivity index (χ0n) is 12.8. The molecule has 0 bridgehead atoms. The van der Waals surface area contributed by atoms with Crippen molar-refractivity contribution in [3.8, 4) is 11.5 Å². The Morgan fingerprint density at radius 1 is 1.18 bits per heavy atom. The van der Waals surface area contributed by atoms with Crippen LogP contribution in [0.4, 0.5) is 17.5 Å². The van der Waals surface area contributed by atoms with Crippen molar-refractivity contribution in [2.75, 3.05) is 24.0 Å². The molecular weight excluding hydrogens is 280 g/mol. The van der Waals surface area contributed by atoms with Crippen molar-refractivity contribution in [2.45, 2.75) is 20.3 Å². The van der Waals surface area contributed by atoms with Crippen LogP contribution in [0, 0.1) is 5.92 Å². The van der Waals surface area contributed by atoms with Gasteiger partial charge in [-0.3, -0.25) is 0 Å². The molecule has 1 aromatic heterocycles. The standard InChI is InChI=1S/C16H20N4O2/c1-11(2)5-7-17-15-6-8-18-16(20-15)19-12-3-4-13-14(9-12)22-10-21-13/h3-4,6,8-9,11H,5,7,10H2,1-2H3,(H2,17,18,19,20). The van der Waals surface area contributed by atoms with Gasteiger partial charge in [0.2, 0.25) is 12.7 Å². The van der Waals surface area contributed by atoms with E-state index in [1.54, 1.807) is 6.20 Å². The van der Waals surface area contributed by atoms with Crippen LogP contribution >= 0.6 is 0 Å². The van der Waals surface area contributed by atoms with Crippen molar-refractivity contribution in [1.82, 2.24) is 9.97 Å². The van der Waals surface area contributed by atoms with E-state index in [1.165, 1.54) is 0 Å². The Kier molecular flexibility index (Phi) is 4.27. The minimum Gasteiger partial charge on any atom is -0.454 e. The minimum atomic E-state index is 0.268. The average molecular weight is 300 g/mol. The number of nitrogens with zero attached hydrogens (tertiary/aromatic N) is 2. The number of anilines is 3. The summed E-state index contributed by atoms with van der Waals surface area (Å²) < 4.78 is 10.7. The number of ether oxygens (including phenoxy) is 2. The Labute approximate surface area is 129 Å². The van der Waals surface area contributed by atoms with Crippen molar-refractivity contribution in [1.29, 1.82) is 0 Å². The summed E-state index contributed by atoms with van der Waals surface area (Å²) in [5, 5.41) is 6.48. The van der Waals surface area contributed by atoms with Crippen LogP contribution in [0.1, 0.15) is 20.3 Å². The summed E-state index contributed by atoms with van der Waals surface area (Å²) in [5.74, 6) is 3.53. The number of rotatable bonds is 6. The highest BCUT2D eigenvalue weighted by atomic mass is 16.7. The molecule has 0 aliphatic carbocycles. The highest BCUT2D eigenvalue weighted by Crippen LogP contribution is 2.34. The maximum atomic E-state index is 5.36. The van der Waals surface area contributed by atoms with Crippen molar-refractivity contribution in [3.05, 3.63) is 30.5 Å². The minimum absolute atomic E-state index is 0.268. The second kappa shape index (κ2) is 6.51. The second-order valence-electron chi connectivity index (χ2n) is 5.57. The van der Waals surface area contributed by atoms with Gasteiger partial charge in [-0.1, -0.05) is 13.8 Å². The van der Waals surface area contributed by atoms with Crippen LogP contribution in [0.5, 0.6) is 11.5 Å². The van der Waals surface area contributed by atoms with Crippen molar-refractivity contribution >= 4 is 17.5 Å². The van der Waals surface area contributed by atoms with E-state index in [9.17, 15) is 0 Å². The fraction of sp³-hybridized carbons (Fsp3) is 0.375. The van der Waals surface area contributed by atoms with Crippen molar-refractivity contribution in [3.63, 3.8) is 0 Å². The Hall–Kier alpha value is -2.50.